The highest BCUT2D eigenvalue weighted by molar-refractivity contribution is 5.45. The Balaban J connectivity index is 2.17. The smallest absolute Gasteiger partial charge is 0.122 e. The van der Waals surface area contributed by atoms with E-state index >= 15 is 0 Å². The highest BCUT2D eigenvalue weighted by Gasteiger charge is 2.07. The van der Waals surface area contributed by atoms with Crippen molar-refractivity contribution in [3.63, 3.8) is 0 Å². The Hall–Kier alpha value is -2.14. The normalized spacial score (nSPS) is 10.7. The first kappa shape index (κ1) is 25.9. The zero-order valence-electron chi connectivity index (χ0n) is 17.8. The van der Waals surface area contributed by atoms with Crippen LogP contribution in [0.15, 0.2) is 22.5 Å². The van der Waals surface area contributed by atoms with E-state index in [1.807, 2.05) is 26.0 Å². The Morgan fingerprint density at radius 3 is 1.27 bits per heavy atom. The minimum Gasteiger partial charge on any atom is -0.491 e. The van der Waals surface area contributed by atoms with Gasteiger partial charge >= 0.3 is 0 Å². The van der Waals surface area contributed by atoms with Gasteiger partial charge in [-0.1, -0.05) is 10.4 Å². The number of nitroso groups, excluding NO2 is 2. The molecule has 1 rings (SSSR count). The van der Waals surface area contributed by atoms with E-state index < -0.39 is 0 Å². The predicted molar refractivity (Wildman–Crippen MR) is 112 cm³/mol. The molecule has 0 atom stereocenters. The lowest BCUT2D eigenvalue weighted by Crippen LogP contribution is -2.13. The molecule has 0 spiro atoms. The van der Waals surface area contributed by atoms with E-state index in [2.05, 4.69) is 10.4 Å². The summed E-state index contributed by atoms with van der Waals surface area (Å²) >= 11 is 0. The molecule has 0 aliphatic rings. The highest BCUT2D eigenvalue weighted by atomic mass is 16.6. The molecule has 0 aliphatic carbocycles. The van der Waals surface area contributed by atoms with Crippen molar-refractivity contribution >= 4 is 0 Å². The Morgan fingerprint density at radius 2 is 0.900 bits per heavy atom. The van der Waals surface area contributed by atoms with Crippen molar-refractivity contribution in [2.24, 2.45) is 10.4 Å². The van der Waals surface area contributed by atoms with Crippen LogP contribution in [0.25, 0.3) is 0 Å². The molecule has 0 unspecified atom stereocenters. The summed E-state index contributed by atoms with van der Waals surface area (Å²) in [5.74, 6) is 1.57. The van der Waals surface area contributed by atoms with Crippen molar-refractivity contribution in [1.82, 2.24) is 0 Å². The van der Waals surface area contributed by atoms with Gasteiger partial charge in [-0.2, -0.15) is 9.81 Å². The van der Waals surface area contributed by atoms with E-state index in [0.717, 1.165) is 22.6 Å². The maximum absolute atomic E-state index is 9.91. The Bertz CT molecular complexity index is 549. The van der Waals surface area contributed by atoms with Crippen LogP contribution in [0.2, 0.25) is 0 Å². The topological polar surface area (TPSA) is 114 Å². The molecule has 0 heterocycles. The highest BCUT2D eigenvalue weighted by Crippen LogP contribution is 2.27. The van der Waals surface area contributed by atoms with Crippen LogP contribution >= 0.6 is 0 Å². The molecule has 10 heteroatoms. The van der Waals surface area contributed by atoms with Gasteiger partial charge in [0.1, 0.15) is 37.8 Å². The molecular weight excluding hydrogens is 396 g/mol. The third-order valence-corrected chi connectivity index (χ3v) is 3.84. The fraction of sp³-hybridized carbons (Fsp3) is 0.700. The Labute approximate surface area is 177 Å². The summed E-state index contributed by atoms with van der Waals surface area (Å²) in [5, 5.41) is 5.42. The summed E-state index contributed by atoms with van der Waals surface area (Å²) in [6.45, 7) is 8.33. The third-order valence-electron chi connectivity index (χ3n) is 3.84. The summed E-state index contributed by atoms with van der Waals surface area (Å²) in [5.41, 5.74) is 1.94. The molecule has 1 aromatic carbocycles. The number of hydrogen-bond donors (Lipinski definition) is 0. The van der Waals surface area contributed by atoms with Crippen LogP contribution in [0.4, 0.5) is 0 Å². The van der Waals surface area contributed by atoms with Gasteiger partial charge in [0.05, 0.1) is 52.9 Å². The quantitative estimate of drug-likeness (QED) is 0.230. The van der Waals surface area contributed by atoms with E-state index in [0.29, 0.717) is 66.1 Å². The van der Waals surface area contributed by atoms with Crippen LogP contribution in [-0.4, -0.2) is 79.2 Å². The van der Waals surface area contributed by atoms with Gasteiger partial charge in [0, 0.05) is 0 Å². The minimum absolute atomic E-state index is 0.158. The maximum atomic E-state index is 9.91. The van der Waals surface area contributed by atoms with E-state index in [-0.39, 0.29) is 13.1 Å². The number of nitrogens with zero attached hydrogens (tertiary/aromatic N) is 2. The molecule has 0 fully saturated rings. The lowest BCUT2D eigenvalue weighted by molar-refractivity contribution is 0.0382. The molecule has 170 valence electrons. The number of benzene rings is 1. The van der Waals surface area contributed by atoms with Crippen molar-refractivity contribution in [3.05, 3.63) is 33.1 Å². The summed E-state index contributed by atoms with van der Waals surface area (Å²) < 4.78 is 32.7. The molecule has 0 radical (unpaired) electrons. The van der Waals surface area contributed by atoms with Gasteiger partial charge in [-0.25, -0.2) is 0 Å². The van der Waals surface area contributed by atoms with Gasteiger partial charge in [0.25, 0.3) is 0 Å². The first-order chi connectivity index (χ1) is 14.7. The standard InChI is InChI=1S/C20H32N2O8/c1-17-15-20(30-14-12-28-10-8-26-6-4-22-24)18(2)16-19(17)29-13-11-27-9-7-25-5-3-21-23/h15-16H,3-14H2,1-2H3. The summed E-state index contributed by atoms with van der Waals surface area (Å²) in [6.07, 6.45) is 0. The van der Waals surface area contributed by atoms with Crippen LogP contribution in [0, 0.1) is 23.7 Å². The summed E-state index contributed by atoms with van der Waals surface area (Å²) in [6, 6.07) is 3.88. The van der Waals surface area contributed by atoms with Gasteiger partial charge in [-0.15, -0.1) is 0 Å². The van der Waals surface area contributed by atoms with E-state index in [4.69, 9.17) is 28.4 Å². The second kappa shape index (κ2) is 17.7. The number of ether oxygens (including phenoxy) is 6. The van der Waals surface area contributed by atoms with Gasteiger partial charge < -0.3 is 28.4 Å². The molecule has 10 nitrogen and oxygen atoms in total. The zero-order chi connectivity index (χ0) is 21.9. The van der Waals surface area contributed by atoms with E-state index in [1.54, 1.807) is 0 Å². The predicted octanol–water partition coefficient (Wildman–Crippen LogP) is 2.66. The zero-order valence-corrected chi connectivity index (χ0v) is 17.8. The van der Waals surface area contributed by atoms with Gasteiger partial charge in [-0.3, -0.25) is 0 Å². The van der Waals surface area contributed by atoms with Crippen molar-refractivity contribution < 1.29 is 28.4 Å². The molecule has 0 bridgehead atoms. The lowest BCUT2D eigenvalue weighted by Gasteiger charge is -2.14. The van der Waals surface area contributed by atoms with Crippen molar-refractivity contribution in [1.29, 1.82) is 0 Å². The SMILES string of the molecule is Cc1cc(OCCOCCOCCN=O)c(C)cc1OCCOCCOCCN=O. The molecule has 0 aromatic heterocycles. The van der Waals surface area contributed by atoms with Crippen molar-refractivity contribution in [3.8, 4) is 11.5 Å². The number of aryl methyl sites for hydroxylation is 2. The van der Waals surface area contributed by atoms with Crippen LogP contribution in [0.1, 0.15) is 11.1 Å². The molecule has 1 aromatic rings. The average molecular weight is 428 g/mol. The minimum atomic E-state index is 0.158. The van der Waals surface area contributed by atoms with E-state index in [1.165, 1.54) is 0 Å². The van der Waals surface area contributed by atoms with Crippen LogP contribution in [0.5, 0.6) is 11.5 Å². The molecular formula is C20H32N2O8. The maximum Gasteiger partial charge on any atom is 0.122 e. The Morgan fingerprint density at radius 1 is 0.567 bits per heavy atom. The second-order valence-corrected chi connectivity index (χ2v) is 6.24. The summed E-state index contributed by atoms with van der Waals surface area (Å²) in [4.78, 5) is 19.8. The first-order valence-corrected chi connectivity index (χ1v) is 9.95. The molecule has 30 heavy (non-hydrogen) atoms. The van der Waals surface area contributed by atoms with Crippen LogP contribution in [0.3, 0.4) is 0 Å². The summed E-state index contributed by atoms with van der Waals surface area (Å²) in [7, 11) is 0. The van der Waals surface area contributed by atoms with Gasteiger partial charge in [0.15, 0.2) is 0 Å². The van der Waals surface area contributed by atoms with Crippen LogP contribution in [-0.2, 0) is 18.9 Å². The van der Waals surface area contributed by atoms with Crippen LogP contribution < -0.4 is 9.47 Å². The molecule has 0 saturated carbocycles. The molecule has 0 aliphatic heterocycles. The Kier molecular flexibility index (Phi) is 15.3. The number of rotatable bonds is 20. The van der Waals surface area contributed by atoms with Crippen molar-refractivity contribution in [2.75, 3.05) is 79.2 Å². The van der Waals surface area contributed by atoms with E-state index in [9.17, 15) is 9.81 Å². The molecule has 0 N–H and O–H groups in total. The third kappa shape index (κ3) is 12.4. The fourth-order valence-corrected chi connectivity index (χ4v) is 2.34. The monoisotopic (exact) mass is 428 g/mol. The average Bonchev–Trinajstić information content (AvgIpc) is 2.74. The first-order valence-electron chi connectivity index (χ1n) is 9.95. The molecule has 0 amide bonds. The van der Waals surface area contributed by atoms with Crippen molar-refractivity contribution in [2.45, 2.75) is 13.8 Å². The number of hydrogen-bond acceptors (Lipinski definition) is 10. The fourth-order valence-electron chi connectivity index (χ4n) is 2.34. The van der Waals surface area contributed by atoms with Gasteiger partial charge in [0.2, 0.25) is 0 Å². The lowest BCUT2D eigenvalue weighted by atomic mass is 10.1. The second-order valence-electron chi connectivity index (χ2n) is 6.24. The molecule has 0 saturated heterocycles. The van der Waals surface area contributed by atoms with Gasteiger partial charge in [-0.05, 0) is 37.1 Å². The largest absolute Gasteiger partial charge is 0.491 e.